The lowest BCUT2D eigenvalue weighted by Gasteiger charge is -2.30. The van der Waals surface area contributed by atoms with Crippen LogP contribution in [0.5, 0.6) is 11.5 Å². The number of nitro groups is 1. The summed E-state index contributed by atoms with van der Waals surface area (Å²) in [7, 11) is -3.78. The number of hydrogen-bond donors (Lipinski definition) is 1. The number of nitro benzene ring substituents is 1. The number of piperidine rings is 1. The third-order valence-corrected chi connectivity index (χ3v) is 7.55. The molecule has 4 rings (SSSR count). The molecule has 9 nitrogen and oxygen atoms in total. The summed E-state index contributed by atoms with van der Waals surface area (Å²) in [5, 5.41) is 14.8. The van der Waals surface area contributed by atoms with Crippen molar-refractivity contribution in [1.29, 1.82) is 0 Å². The fraction of sp³-hybridized carbons (Fsp3) is 0.429. The molecule has 0 amide bonds. The molecule has 0 bridgehead atoms. The molecule has 1 N–H and O–H groups in total. The van der Waals surface area contributed by atoms with E-state index in [0.29, 0.717) is 24.6 Å². The summed E-state index contributed by atoms with van der Waals surface area (Å²) in [6, 6.07) is 9.22. The number of benzene rings is 2. The Labute approximate surface area is 181 Å². The van der Waals surface area contributed by atoms with Gasteiger partial charge in [-0.25, -0.2) is 8.42 Å². The van der Waals surface area contributed by atoms with Crippen molar-refractivity contribution < 1.29 is 22.8 Å². The zero-order valence-corrected chi connectivity index (χ0v) is 18.2. The lowest BCUT2D eigenvalue weighted by Crippen LogP contribution is -2.39. The molecule has 2 aromatic rings. The lowest BCUT2D eigenvalue weighted by molar-refractivity contribution is -0.384. The Bertz CT molecular complexity index is 1100. The molecule has 0 aromatic heterocycles. The first-order valence-corrected chi connectivity index (χ1v) is 11.6. The van der Waals surface area contributed by atoms with Crippen LogP contribution in [-0.2, 0) is 10.0 Å². The van der Waals surface area contributed by atoms with Crippen LogP contribution in [0.15, 0.2) is 41.3 Å². The van der Waals surface area contributed by atoms with Gasteiger partial charge in [0, 0.05) is 25.2 Å². The van der Waals surface area contributed by atoms with Crippen LogP contribution in [-0.4, -0.2) is 37.5 Å². The molecule has 1 saturated heterocycles. The van der Waals surface area contributed by atoms with Crippen LogP contribution < -0.4 is 14.8 Å². The molecular weight excluding hydrogens is 422 g/mol. The molecule has 0 saturated carbocycles. The predicted octanol–water partition coefficient (Wildman–Crippen LogP) is 3.92. The second-order valence-electron chi connectivity index (χ2n) is 8.03. The first-order valence-electron chi connectivity index (χ1n) is 10.2. The predicted molar refractivity (Wildman–Crippen MR) is 115 cm³/mol. The van der Waals surface area contributed by atoms with E-state index >= 15 is 0 Å². The molecule has 0 aliphatic carbocycles. The molecule has 2 atom stereocenters. The number of rotatable bonds is 6. The largest absolute Gasteiger partial charge is 0.454 e. The highest BCUT2D eigenvalue weighted by molar-refractivity contribution is 7.89. The van der Waals surface area contributed by atoms with Crippen molar-refractivity contribution in [3.05, 3.63) is 52.1 Å². The monoisotopic (exact) mass is 447 g/mol. The molecule has 2 heterocycles. The number of fused-ring (bicyclic) bond motifs is 1. The Morgan fingerprint density at radius 1 is 1.19 bits per heavy atom. The van der Waals surface area contributed by atoms with Crippen molar-refractivity contribution >= 4 is 21.4 Å². The van der Waals surface area contributed by atoms with Crippen molar-refractivity contribution in [1.82, 2.24) is 4.31 Å². The van der Waals surface area contributed by atoms with E-state index in [-0.39, 0.29) is 35.0 Å². The summed E-state index contributed by atoms with van der Waals surface area (Å²) < 4.78 is 38.2. The maximum atomic E-state index is 13.0. The van der Waals surface area contributed by atoms with Crippen LogP contribution in [0.25, 0.3) is 0 Å². The van der Waals surface area contributed by atoms with E-state index in [1.807, 2.05) is 26.0 Å². The minimum Gasteiger partial charge on any atom is -0.454 e. The summed E-state index contributed by atoms with van der Waals surface area (Å²) in [4.78, 5) is 11.1. The van der Waals surface area contributed by atoms with Crippen LogP contribution in [0.3, 0.4) is 0 Å². The molecule has 2 aliphatic rings. The fourth-order valence-corrected chi connectivity index (χ4v) is 5.58. The first kappa shape index (κ1) is 21.4. The van der Waals surface area contributed by atoms with E-state index in [4.69, 9.17) is 9.47 Å². The molecule has 0 spiro atoms. The second kappa shape index (κ2) is 8.35. The molecule has 1 fully saturated rings. The van der Waals surface area contributed by atoms with E-state index in [2.05, 4.69) is 5.32 Å². The average molecular weight is 448 g/mol. The Kier molecular flexibility index (Phi) is 5.76. The molecule has 2 aromatic carbocycles. The smallest absolute Gasteiger partial charge is 0.293 e. The van der Waals surface area contributed by atoms with Gasteiger partial charge in [0.25, 0.3) is 5.69 Å². The maximum absolute atomic E-state index is 13.0. The van der Waals surface area contributed by atoms with Crippen molar-refractivity contribution in [3.8, 4) is 11.5 Å². The maximum Gasteiger partial charge on any atom is 0.293 e. The van der Waals surface area contributed by atoms with E-state index in [9.17, 15) is 18.5 Å². The summed E-state index contributed by atoms with van der Waals surface area (Å²) in [5.74, 6) is 1.54. The average Bonchev–Trinajstić information content (AvgIpc) is 3.21. The number of hydrogen-bond acceptors (Lipinski definition) is 7. The topological polar surface area (TPSA) is 111 Å². The van der Waals surface area contributed by atoms with Gasteiger partial charge in [-0.1, -0.05) is 13.0 Å². The van der Waals surface area contributed by atoms with E-state index in [1.54, 1.807) is 6.07 Å². The van der Waals surface area contributed by atoms with Gasteiger partial charge in [-0.05, 0) is 55.5 Å². The van der Waals surface area contributed by atoms with Crippen molar-refractivity contribution in [2.24, 2.45) is 5.92 Å². The van der Waals surface area contributed by atoms with Crippen LogP contribution in [0.4, 0.5) is 11.4 Å². The number of sulfonamides is 1. The zero-order valence-electron chi connectivity index (χ0n) is 17.4. The van der Waals surface area contributed by atoms with Gasteiger partial charge in [-0.2, -0.15) is 4.31 Å². The number of nitrogens with zero attached hydrogens (tertiary/aromatic N) is 2. The molecule has 10 heteroatoms. The van der Waals surface area contributed by atoms with Gasteiger partial charge in [-0.15, -0.1) is 0 Å². The Hall–Kier alpha value is -2.85. The lowest BCUT2D eigenvalue weighted by atomic mass is 10.0. The summed E-state index contributed by atoms with van der Waals surface area (Å²) in [6.07, 6.45) is 1.77. The summed E-state index contributed by atoms with van der Waals surface area (Å²) in [6.45, 7) is 4.90. The minimum atomic E-state index is -3.78. The van der Waals surface area contributed by atoms with Gasteiger partial charge in [0.15, 0.2) is 11.5 Å². The van der Waals surface area contributed by atoms with E-state index in [0.717, 1.165) is 24.5 Å². The van der Waals surface area contributed by atoms with Gasteiger partial charge in [0.05, 0.1) is 9.82 Å². The van der Waals surface area contributed by atoms with Crippen molar-refractivity contribution in [2.45, 2.75) is 37.6 Å². The molecule has 31 heavy (non-hydrogen) atoms. The Morgan fingerprint density at radius 2 is 1.97 bits per heavy atom. The molecule has 2 unspecified atom stereocenters. The highest BCUT2D eigenvalue weighted by atomic mass is 32.2. The Balaban J connectivity index is 1.59. The minimum absolute atomic E-state index is 0.0606. The normalized spacial score (nSPS) is 19.7. The molecule has 166 valence electrons. The molecular formula is C21H25N3O6S. The molecule has 2 aliphatic heterocycles. The summed E-state index contributed by atoms with van der Waals surface area (Å²) in [5.41, 5.74) is 0.831. The van der Waals surface area contributed by atoms with Crippen LogP contribution in [0.2, 0.25) is 0 Å². The third kappa shape index (κ3) is 4.31. The molecule has 0 radical (unpaired) electrons. The second-order valence-corrected chi connectivity index (χ2v) is 9.96. The Morgan fingerprint density at radius 3 is 2.71 bits per heavy atom. The van der Waals surface area contributed by atoms with Crippen molar-refractivity contribution in [3.63, 3.8) is 0 Å². The first-order chi connectivity index (χ1) is 14.8. The van der Waals surface area contributed by atoms with E-state index in [1.165, 1.54) is 16.4 Å². The zero-order chi connectivity index (χ0) is 22.2. The quantitative estimate of drug-likeness (QED) is 0.528. The standard InChI is InChI=1S/C21H25N3O6S/c1-14-4-3-9-23(12-14)31(27,28)17-6-7-18(19(11-17)24(25)26)22-15(2)16-5-8-20-21(10-16)30-13-29-20/h5-8,10-11,14-15,22H,3-4,9,12-13H2,1-2H3. The van der Waals surface area contributed by atoms with Gasteiger partial charge in [-0.3, -0.25) is 10.1 Å². The SMILES string of the molecule is CC1CCCN(S(=O)(=O)c2ccc(NC(C)c3ccc4c(c3)OCO4)c([N+](=O)[O-])c2)C1. The number of anilines is 1. The number of ether oxygens (including phenoxy) is 2. The van der Waals surface area contributed by atoms with Crippen LogP contribution in [0, 0.1) is 16.0 Å². The van der Waals surface area contributed by atoms with Crippen LogP contribution in [0.1, 0.15) is 38.3 Å². The van der Waals surface area contributed by atoms with Gasteiger partial charge < -0.3 is 14.8 Å². The van der Waals surface area contributed by atoms with Crippen LogP contribution >= 0.6 is 0 Å². The third-order valence-electron chi connectivity index (χ3n) is 5.69. The van der Waals surface area contributed by atoms with E-state index < -0.39 is 14.9 Å². The highest BCUT2D eigenvalue weighted by Gasteiger charge is 2.31. The van der Waals surface area contributed by atoms with Gasteiger partial charge in [0.1, 0.15) is 5.69 Å². The highest BCUT2D eigenvalue weighted by Crippen LogP contribution is 2.36. The number of nitrogens with one attached hydrogen (secondary N) is 1. The van der Waals surface area contributed by atoms with Crippen molar-refractivity contribution in [2.75, 3.05) is 25.2 Å². The van der Waals surface area contributed by atoms with Gasteiger partial charge in [0.2, 0.25) is 16.8 Å². The summed E-state index contributed by atoms with van der Waals surface area (Å²) >= 11 is 0. The van der Waals surface area contributed by atoms with Gasteiger partial charge >= 0.3 is 0 Å². The fourth-order valence-electron chi connectivity index (χ4n) is 3.96.